The standard InChI is InChI=1S/C21H18FN3O3S3.2ClH/c22-15-3-1-4-17(12-15)23-18(19-13-30-21(24-19)20-5-2-10-29-20)11-14-6-8-16(9-7-14)25-31(26,27)28;;/h1-10,12-13,18,23,25H,11H2,(H,26,27,28);2*1H/t18-;;/m0../s1. The van der Waals surface area contributed by atoms with Crippen LogP contribution in [-0.4, -0.2) is 13.0 Å². The molecule has 6 nitrogen and oxygen atoms in total. The smallest absolute Gasteiger partial charge is 0.357 e. The van der Waals surface area contributed by atoms with E-state index in [-0.39, 0.29) is 42.4 Å². The Kier molecular flexibility index (Phi) is 9.80. The van der Waals surface area contributed by atoms with Gasteiger partial charge in [-0.1, -0.05) is 35.6 Å². The van der Waals surface area contributed by atoms with Crippen LogP contribution in [0.4, 0.5) is 15.8 Å². The predicted molar refractivity (Wildman–Crippen MR) is 120 cm³/mol. The Morgan fingerprint density at radius 3 is 2.45 bits per heavy atom. The van der Waals surface area contributed by atoms with Gasteiger partial charge in [0.25, 0.3) is 5.01 Å². The summed E-state index contributed by atoms with van der Waals surface area (Å²) in [5, 5.41) is 7.19. The maximum atomic E-state index is 13.7. The van der Waals surface area contributed by atoms with Crippen LogP contribution in [0, 0.1) is 5.82 Å². The molecular formula is C21H20Cl2FN3O3S3. The Bertz CT molecular complexity index is 1270. The average Bonchev–Trinajstić information content (AvgIpc) is 3.40. The van der Waals surface area contributed by atoms with Crippen molar-refractivity contribution in [3.05, 3.63) is 88.5 Å². The van der Waals surface area contributed by atoms with Crippen LogP contribution in [0.5, 0.6) is 0 Å². The second-order valence-corrected chi connectivity index (χ2v) is 9.91. The second-order valence-electron chi connectivity index (χ2n) is 6.93. The fourth-order valence-electron chi connectivity index (χ4n) is 3.23. The number of hydrogen-bond donors (Lipinski definition) is 3. The van der Waals surface area contributed by atoms with Gasteiger partial charge in [-0.3, -0.25) is 9.27 Å². The van der Waals surface area contributed by atoms with Gasteiger partial charge >= 0.3 is 10.3 Å². The Balaban J connectivity index is 0.00000193. The molecule has 4 aromatic rings. The Labute approximate surface area is 211 Å². The molecule has 176 valence electrons. The molecular weight excluding hydrogens is 528 g/mol. The number of halogens is 3. The Hall–Kier alpha value is -2.05. The van der Waals surface area contributed by atoms with E-state index >= 15 is 0 Å². The minimum atomic E-state index is -4.31. The van der Waals surface area contributed by atoms with Crippen molar-refractivity contribution in [1.29, 1.82) is 0 Å². The first kappa shape index (κ1) is 27.2. The molecule has 1 atom stereocenters. The lowest BCUT2D eigenvalue weighted by molar-refractivity contribution is -0.633. The molecule has 12 heteroatoms. The Morgan fingerprint density at radius 1 is 1.06 bits per heavy atom. The lowest BCUT2D eigenvalue weighted by Gasteiger charge is -2.12. The van der Waals surface area contributed by atoms with Gasteiger partial charge in [-0.05, 0) is 41.3 Å². The molecule has 2 aromatic carbocycles. The van der Waals surface area contributed by atoms with Crippen LogP contribution in [0.1, 0.15) is 17.3 Å². The van der Waals surface area contributed by atoms with Gasteiger partial charge in [-0.15, -0.1) is 11.3 Å². The molecule has 0 bridgehead atoms. The molecule has 0 amide bonds. The van der Waals surface area contributed by atoms with Crippen LogP contribution in [0.25, 0.3) is 9.88 Å². The predicted octanol–water partition coefficient (Wildman–Crippen LogP) is -2.17. The number of nitrogens with two attached hydrogens (primary N) is 1. The molecule has 0 unspecified atom stereocenters. The SMILES string of the molecule is O=S(=O)(O)Nc1ccc(C[C@H]([NH2+]c2cccc(F)c2)c2csc(-c3cccs3)[nH+]2)cc1.[Cl-].[Cl-]. The van der Waals surface area contributed by atoms with E-state index < -0.39 is 10.3 Å². The second kappa shape index (κ2) is 11.9. The zero-order valence-electron chi connectivity index (χ0n) is 16.9. The van der Waals surface area contributed by atoms with Crippen molar-refractivity contribution in [3.63, 3.8) is 0 Å². The highest BCUT2D eigenvalue weighted by atomic mass is 35.5. The van der Waals surface area contributed by atoms with E-state index in [9.17, 15) is 12.8 Å². The van der Waals surface area contributed by atoms with Crippen LogP contribution in [0.3, 0.4) is 0 Å². The molecule has 33 heavy (non-hydrogen) atoms. The van der Waals surface area contributed by atoms with Gasteiger partial charge in [0.15, 0.2) is 6.04 Å². The van der Waals surface area contributed by atoms with Gasteiger partial charge in [-0.25, -0.2) is 4.39 Å². The first-order valence-corrected chi connectivity index (χ1v) is 12.5. The van der Waals surface area contributed by atoms with Gasteiger partial charge in [0.05, 0.1) is 11.1 Å². The number of anilines is 1. The van der Waals surface area contributed by atoms with Crippen molar-refractivity contribution in [2.24, 2.45) is 0 Å². The molecule has 5 N–H and O–H groups in total. The topological polar surface area (TPSA) is 97.2 Å². The maximum absolute atomic E-state index is 13.7. The van der Waals surface area contributed by atoms with Crippen LogP contribution in [0.15, 0.2) is 71.4 Å². The highest BCUT2D eigenvalue weighted by Gasteiger charge is 2.26. The number of thiophene rings is 1. The van der Waals surface area contributed by atoms with Crippen molar-refractivity contribution in [2.45, 2.75) is 12.5 Å². The molecule has 0 spiro atoms. The quantitative estimate of drug-likeness (QED) is 0.173. The van der Waals surface area contributed by atoms with Gasteiger partial charge in [-0.2, -0.15) is 13.4 Å². The number of hydrogen-bond acceptors (Lipinski definition) is 4. The van der Waals surface area contributed by atoms with Gasteiger partial charge in [0.2, 0.25) is 5.69 Å². The zero-order valence-corrected chi connectivity index (χ0v) is 20.9. The number of thiazole rings is 1. The third kappa shape index (κ3) is 7.75. The molecule has 0 aliphatic carbocycles. The number of aromatic amines is 1. The highest BCUT2D eigenvalue weighted by molar-refractivity contribution is 7.87. The van der Waals surface area contributed by atoms with Crippen LogP contribution in [0.2, 0.25) is 0 Å². The summed E-state index contributed by atoms with van der Waals surface area (Å²) in [5.41, 5.74) is 3.04. The van der Waals surface area contributed by atoms with Crippen molar-refractivity contribution >= 4 is 44.4 Å². The molecule has 0 aliphatic rings. The summed E-state index contributed by atoms with van der Waals surface area (Å²) >= 11 is 3.28. The fourth-order valence-corrected chi connectivity index (χ4v) is 5.41. The minimum Gasteiger partial charge on any atom is -1.00 e. The van der Waals surface area contributed by atoms with Crippen molar-refractivity contribution in [2.75, 3.05) is 4.72 Å². The number of benzene rings is 2. The van der Waals surface area contributed by atoms with Crippen LogP contribution < -0.4 is 39.8 Å². The van der Waals surface area contributed by atoms with Crippen molar-refractivity contribution in [1.82, 2.24) is 0 Å². The third-order valence-corrected chi connectivity index (χ3v) is 7.04. The Morgan fingerprint density at radius 2 is 1.82 bits per heavy atom. The van der Waals surface area contributed by atoms with Gasteiger partial charge < -0.3 is 30.1 Å². The van der Waals surface area contributed by atoms with Crippen LogP contribution >= 0.6 is 22.7 Å². The van der Waals surface area contributed by atoms with E-state index in [1.165, 1.54) is 12.1 Å². The molecule has 2 heterocycles. The van der Waals surface area contributed by atoms with E-state index in [2.05, 4.69) is 16.4 Å². The zero-order chi connectivity index (χ0) is 21.8. The average molecular weight is 549 g/mol. The summed E-state index contributed by atoms with van der Waals surface area (Å²) < 4.78 is 46.6. The van der Waals surface area contributed by atoms with E-state index in [4.69, 9.17) is 4.55 Å². The summed E-state index contributed by atoms with van der Waals surface area (Å²) in [4.78, 5) is 4.65. The third-order valence-electron chi connectivity index (χ3n) is 4.60. The number of H-pyrrole nitrogens is 1. The molecule has 0 aliphatic heterocycles. The summed E-state index contributed by atoms with van der Waals surface area (Å²) in [6.45, 7) is 0. The molecule has 0 radical (unpaired) electrons. The van der Waals surface area contributed by atoms with E-state index in [0.717, 1.165) is 26.8 Å². The minimum absolute atomic E-state index is 0. The van der Waals surface area contributed by atoms with Gasteiger partial charge in [0, 0.05) is 12.5 Å². The number of rotatable bonds is 8. The maximum Gasteiger partial charge on any atom is 0.357 e. The highest BCUT2D eigenvalue weighted by Crippen LogP contribution is 2.27. The van der Waals surface area contributed by atoms with Gasteiger partial charge in [0.1, 0.15) is 16.4 Å². The van der Waals surface area contributed by atoms with Crippen molar-refractivity contribution in [3.8, 4) is 9.88 Å². The lowest BCUT2D eigenvalue weighted by atomic mass is 10.0. The fraction of sp³-hybridized carbons (Fsp3) is 0.0952. The monoisotopic (exact) mass is 547 g/mol. The number of nitrogens with one attached hydrogen (secondary N) is 2. The molecule has 0 saturated heterocycles. The summed E-state index contributed by atoms with van der Waals surface area (Å²) in [5.74, 6) is -0.290. The summed E-state index contributed by atoms with van der Waals surface area (Å²) in [6, 6.07) is 17.3. The largest absolute Gasteiger partial charge is 1.00 e. The first-order chi connectivity index (χ1) is 14.9. The van der Waals surface area contributed by atoms with E-state index in [0.29, 0.717) is 6.42 Å². The van der Waals surface area contributed by atoms with E-state index in [1.807, 2.05) is 27.6 Å². The first-order valence-electron chi connectivity index (χ1n) is 9.35. The summed E-state index contributed by atoms with van der Waals surface area (Å²) in [7, 11) is -4.31. The molecule has 0 saturated carbocycles. The van der Waals surface area contributed by atoms with Crippen molar-refractivity contribution < 1.29 is 52.5 Å². The normalized spacial score (nSPS) is 11.8. The number of aromatic nitrogens is 1. The number of quaternary nitrogens is 1. The van der Waals surface area contributed by atoms with E-state index in [1.54, 1.807) is 53.0 Å². The molecule has 4 rings (SSSR count). The van der Waals surface area contributed by atoms with Crippen LogP contribution in [-0.2, 0) is 16.7 Å². The molecule has 0 fully saturated rings. The molecule has 2 aromatic heterocycles. The summed E-state index contributed by atoms with van der Waals surface area (Å²) in [6.07, 6.45) is 0.625. The lowest BCUT2D eigenvalue weighted by Crippen LogP contribution is -3.00.